The molecule has 1 unspecified atom stereocenters. The largest absolute Gasteiger partial charge is 0.368 e. The van der Waals surface area contributed by atoms with E-state index in [2.05, 4.69) is 16.8 Å². The summed E-state index contributed by atoms with van der Waals surface area (Å²) in [5.41, 5.74) is 0. The van der Waals surface area contributed by atoms with Crippen LogP contribution in [-0.4, -0.2) is 52.6 Å². The summed E-state index contributed by atoms with van der Waals surface area (Å²) in [5, 5.41) is 0. The predicted molar refractivity (Wildman–Crippen MR) is 68.4 cm³/mol. The highest BCUT2D eigenvalue weighted by Gasteiger charge is 2.26. The van der Waals surface area contributed by atoms with Gasteiger partial charge in [-0.25, -0.2) is 4.98 Å². The Morgan fingerprint density at radius 1 is 1.61 bits per heavy atom. The Bertz CT molecular complexity index is 401. The lowest BCUT2D eigenvalue weighted by Gasteiger charge is -2.31. The Kier molecular flexibility index (Phi) is 4.49. The number of aromatic nitrogens is 2. The van der Waals surface area contributed by atoms with Gasteiger partial charge < -0.3 is 9.30 Å². The first kappa shape index (κ1) is 13.2. The molecule has 1 aromatic heterocycles. The van der Waals surface area contributed by atoms with E-state index >= 15 is 0 Å². The number of ether oxygens (including phenoxy) is 1. The van der Waals surface area contributed by atoms with E-state index in [1.807, 2.05) is 17.8 Å². The maximum absolute atomic E-state index is 12.2. The van der Waals surface area contributed by atoms with Crippen LogP contribution in [0, 0.1) is 0 Å². The predicted octanol–water partition coefficient (Wildman–Crippen LogP) is 0.642. The van der Waals surface area contributed by atoms with E-state index in [4.69, 9.17) is 4.74 Å². The van der Waals surface area contributed by atoms with Crippen molar-refractivity contribution in [2.75, 3.05) is 26.2 Å². The first-order valence-corrected chi connectivity index (χ1v) is 6.53. The molecule has 1 aromatic rings. The van der Waals surface area contributed by atoms with Crippen molar-refractivity contribution in [1.82, 2.24) is 14.5 Å². The Labute approximate surface area is 108 Å². The third-order valence-electron chi connectivity index (χ3n) is 3.30. The van der Waals surface area contributed by atoms with E-state index in [9.17, 15) is 4.79 Å². The molecule has 5 nitrogen and oxygen atoms in total. The molecular weight excluding hydrogens is 230 g/mol. The van der Waals surface area contributed by atoms with Gasteiger partial charge in [0, 0.05) is 32.5 Å². The van der Waals surface area contributed by atoms with Crippen LogP contribution >= 0.6 is 0 Å². The highest BCUT2D eigenvalue weighted by molar-refractivity contribution is 5.85. The Morgan fingerprint density at radius 2 is 2.44 bits per heavy atom. The number of carbonyl (C=O) groups excluding carboxylic acids is 1. The van der Waals surface area contributed by atoms with Crippen molar-refractivity contribution in [3.05, 3.63) is 18.2 Å². The molecule has 100 valence electrons. The normalized spacial score (nSPS) is 21.1. The molecule has 2 heterocycles. The zero-order valence-corrected chi connectivity index (χ0v) is 11.1. The molecule has 1 atom stereocenters. The number of nitrogens with zero attached hydrogens (tertiary/aromatic N) is 3. The van der Waals surface area contributed by atoms with Gasteiger partial charge in [0.05, 0.1) is 13.0 Å². The van der Waals surface area contributed by atoms with Crippen LogP contribution in [0.5, 0.6) is 0 Å². The molecule has 2 rings (SSSR count). The van der Waals surface area contributed by atoms with E-state index in [-0.39, 0.29) is 11.9 Å². The second-order valence-corrected chi connectivity index (χ2v) is 4.76. The summed E-state index contributed by atoms with van der Waals surface area (Å²) < 4.78 is 7.46. The van der Waals surface area contributed by atoms with Crippen molar-refractivity contribution in [2.45, 2.75) is 25.9 Å². The fraction of sp³-hybridized carbons (Fsp3) is 0.692. The molecular formula is C13H21N3O2. The van der Waals surface area contributed by atoms with Crippen molar-refractivity contribution >= 4 is 5.78 Å². The molecule has 0 radical (unpaired) electrons. The van der Waals surface area contributed by atoms with Gasteiger partial charge in [0.1, 0.15) is 11.9 Å². The Balaban J connectivity index is 1.90. The molecule has 0 saturated carbocycles. The van der Waals surface area contributed by atoms with Gasteiger partial charge in [-0.05, 0) is 13.0 Å². The maximum atomic E-state index is 12.2. The highest BCUT2D eigenvalue weighted by Crippen LogP contribution is 2.09. The van der Waals surface area contributed by atoms with E-state index < -0.39 is 0 Å². The van der Waals surface area contributed by atoms with Crippen LogP contribution in [-0.2, 0) is 23.0 Å². The summed E-state index contributed by atoms with van der Waals surface area (Å²) in [6, 6.07) is 0. The van der Waals surface area contributed by atoms with Crippen LogP contribution in [0.25, 0.3) is 0 Å². The molecule has 0 amide bonds. The van der Waals surface area contributed by atoms with Gasteiger partial charge in [0.25, 0.3) is 0 Å². The minimum absolute atomic E-state index is 0.130. The fourth-order valence-corrected chi connectivity index (χ4v) is 2.25. The van der Waals surface area contributed by atoms with E-state index in [1.165, 1.54) is 0 Å². The number of morpholine rings is 1. The van der Waals surface area contributed by atoms with Crippen LogP contribution in [0.15, 0.2) is 12.4 Å². The minimum Gasteiger partial charge on any atom is -0.368 e. The van der Waals surface area contributed by atoms with Crippen molar-refractivity contribution in [3.8, 4) is 0 Å². The fourth-order valence-electron chi connectivity index (χ4n) is 2.25. The van der Waals surface area contributed by atoms with Crippen molar-refractivity contribution in [2.24, 2.45) is 7.05 Å². The number of carbonyl (C=O) groups is 1. The third-order valence-corrected chi connectivity index (χ3v) is 3.30. The number of Topliss-reactive ketones (excluding diaryl/α,β-unsaturated/α-hetero) is 1. The molecule has 1 saturated heterocycles. The van der Waals surface area contributed by atoms with Crippen LogP contribution in [0.4, 0.5) is 0 Å². The average molecular weight is 251 g/mol. The summed E-state index contributed by atoms with van der Waals surface area (Å²) in [4.78, 5) is 18.6. The first-order chi connectivity index (χ1) is 8.70. The Hall–Kier alpha value is -1.20. The van der Waals surface area contributed by atoms with Gasteiger partial charge >= 0.3 is 0 Å². The maximum Gasteiger partial charge on any atom is 0.170 e. The molecule has 0 aromatic carbocycles. The molecule has 18 heavy (non-hydrogen) atoms. The second-order valence-electron chi connectivity index (χ2n) is 4.76. The topological polar surface area (TPSA) is 47.4 Å². The molecule has 0 aliphatic carbocycles. The van der Waals surface area contributed by atoms with Crippen LogP contribution in [0.2, 0.25) is 0 Å². The lowest BCUT2D eigenvalue weighted by Crippen LogP contribution is -2.46. The number of imidazole rings is 1. The van der Waals surface area contributed by atoms with E-state index in [0.717, 1.165) is 31.9 Å². The summed E-state index contributed by atoms with van der Waals surface area (Å²) in [7, 11) is 1.90. The molecule has 0 spiro atoms. The van der Waals surface area contributed by atoms with E-state index in [0.29, 0.717) is 13.0 Å². The Morgan fingerprint density at radius 3 is 3.11 bits per heavy atom. The van der Waals surface area contributed by atoms with Crippen molar-refractivity contribution in [1.29, 1.82) is 0 Å². The SMILES string of the molecule is CCCN1CCOC(C(=O)Cc2nccn2C)C1. The molecule has 0 bridgehead atoms. The number of rotatable bonds is 5. The molecule has 1 fully saturated rings. The monoisotopic (exact) mass is 251 g/mol. The number of ketones is 1. The quantitative estimate of drug-likeness (QED) is 0.770. The lowest BCUT2D eigenvalue weighted by atomic mass is 10.1. The zero-order chi connectivity index (χ0) is 13.0. The average Bonchev–Trinajstić information content (AvgIpc) is 2.76. The summed E-state index contributed by atoms with van der Waals surface area (Å²) in [6.45, 7) is 5.49. The molecule has 1 aliphatic heterocycles. The van der Waals surface area contributed by atoms with Crippen LogP contribution in [0.3, 0.4) is 0 Å². The highest BCUT2D eigenvalue weighted by atomic mass is 16.5. The van der Waals surface area contributed by atoms with Gasteiger partial charge in [0.15, 0.2) is 5.78 Å². The van der Waals surface area contributed by atoms with Gasteiger partial charge in [-0.15, -0.1) is 0 Å². The summed E-state index contributed by atoms with van der Waals surface area (Å²) in [5.74, 6) is 0.932. The van der Waals surface area contributed by atoms with Crippen LogP contribution < -0.4 is 0 Å². The standard InChI is InChI=1S/C13H21N3O2/c1-3-5-16-7-8-18-12(10-16)11(17)9-13-14-4-6-15(13)2/h4,6,12H,3,5,7-10H2,1-2H3. The third kappa shape index (κ3) is 3.17. The van der Waals surface area contributed by atoms with E-state index in [1.54, 1.807) is 6.20 Å². The molecule has 0 N–H and O–H groups in total. The molecule has 5 heteroatoms. The van der Waals surface area contributed by atoms with Gasteiger partial charge in [-0.2, -0.15) is 0 Å². The second kappa shape index (κ2) is 6.11. The van der Waals surface area contributed by atoms with Crippen molar-refractivity contribution < 1.29 is 9.53 Å². The number of hydrogen-bond acceptors (Lipinski definition) is 4. The number of hydrogen-bond donors (Lipinski definition) is 0. The smallest absolute Gasteiger partial charge is 0.170 e. The summed E-state index contributed by atoms with van der Waals surface area (Å²) in [6.07, 6.45) is 4.75. The van der Waals surface area contributed by atoms with Gasteiger partial charge in [-0.3, -0.25) is 9.69 Å². The molecule has 1 aliphatic rings. The van der Waals surface area contributed by atoms with Crippen molar-refractivity contribution in [3.63, 3.8) is 0 Å². The lowest BCUT2D eigenvalue weighted by molar-refractivity contribution is -0.135. The van der Waals surface area contributed by atoms with Crippen LogP contribution in [0.1, 0.15) is 19.2 Å². The number of aryl methyl sites for hydroxylation is 1. The minimum atomic E-state index is -0.290. The van der Waals surface area contributed by atoms with Gasteiger partial charge in [0.2, 0.25) is 0 Å². The van der Waals surface area contributed by atoms with Gasteiger partial charge in [-0.1, -0.05) is 6.92 Å². The first-order valence-electron chi connectivity index (χ1n) is 6.53. The zero-order valence-electron chi connectivity index (χ0n) is 11.1. The summed E-state index contributed by atoms with van der Waals surface area (Å²) >= 11 is 0.